The highest BCUT2D eigenvalue weighted by Crippen LogP contribution is 2.24. The Bertz CT molecular complexity index is 816. The number of aromatic hydroxyl groups is 2. The lowest BCUT2D eigenvalue weighted by molar-refractivity contribution is 0.0953. The van der Waals surface area contributed by atoms with E-state index in [1.165, 1.54) is 30.3 Å². The number of sulfonamides is 1. The maximum atomic E-state index is 11.9. The van der Waals surface area contributed by atoms with Crippen molar-refractivity contribution in [3.05, 3.63) is 53.6 Å². The van der Waals surface area contributed by atoms with E-state index in [0.717, 1.165) is 5.56 Å². The topological polar surface area (TPSA) is 130 Å². The second-order valence-electron chi connectivity index (χ2n) is 4.90. The minimum Gasteiger partial charge on any atom is -0.504 e. The molecule has 0 saturated carbocycles. The third-order valence-corrected chi connectivity index (χ3v) is 4.12. The number of benzene rings is 2. The van der Waals surface area contributed by atoms with E-state index in [1.807, 2.05) is 0 Å². The molecule has 0 fully saturated rings. The summed E-state index contributed by atoms with van der Waals surface area (Å²) >= 11 is 0. The van der Waals surface area contributed by atoms with Gasteiger partial charge in [0.1, 0.15) is 0 Å². The van der Waals surface area contributed by atoms with Gasteiger partial charge in [0.15, 0.2) is 11.5 Å². The van der Waals surface area contributed by atoms with Crippen LogP contribution in [0.5, 0.6) is 11.5 Å². The maximum absolute atomic E-state index is 11.9. The molecule has 0 bridgehead atoms. The van der Waals surface area contributed by atoms with Gasteiger partial charge >= 0.3 is 0 Å². The maximum Gasteiger partial charge on any atom is 0.251 e. The number of rotatable bonds is 5. The van der Waals surface area contributed by atoms with E-state index < -0.39 is 10.0 Å². The molecule has 5 N–H and O–H groups in total. The van der Waals surface area contributed by atoms with Crippen molar-refractivity contribution >= 4 is 15.9 Å². The zero-order valence-electron chi connectivity index (χ0n) is 12.1. The number of amides is 1. The molecule has 0 spiro atoms. The molecule has 1 amide bonds. The van der Waals surface area contributed by atoms with E-state index in [0.29, 0.717) is 13.0 Å². The molecule has 0 heterocycles. The fraction of sp³-hybridized carbons (Fsp3) is 0.133. The average molecular weight is 336 g/mol. The Morgan fingerprint density at radius 3 is 2.26 bits per heavy atom. The number of phenols is 2. The predicted octanol–water partition coefficient (Wildman–Crippen LogP) is 0.718. The first-order chi connectivity index (χ1) is 10.8. The Morgan fingerprint density at radius 1 is 1.04 bits per heavy atom. The van der Waals surface area contributed by atoms with E-state index in [-0.39, 0.29) is 27.9 Å². The highest BCUT2D eigenvalue weighted by Gasteiger charge is 2.09. The van der Waals surface area contributed by atoms with E-state index in [9.17, 15) is 23.4 Å². The van der Waals surface area contributed by atoms with Crippen LogP contribution in [0.2, 0.25) is 0 Å². The number of carbonyl (C=O) groups excluding carboxylic acids is 1. The van der Waals surface area contributed by atoms with E-state index in [1.54, 1.807) is 12.1 Å². The zero-order valence-corrected chi connectivity index (χ0v) is 12.9. The van der Waals surface area contributed by atoms with Gasteiger partial charge < -0.3 is 15.5 Å². The van der Waals surface area contributed by atoms with Crippen LogP contribution in [-0.4, -0.2) is 31.1 Å². The van der Waals surface area contributed by atoms with Gasteiger partial charge in [-0.05, 0) is 42.3 Å². The molecule has 0 aliphatic carbocycles. The van der Waals surface area contributed by atoms with Crippen LogP contribution in [0.3, 0.4) is 0 Å². The molecule has 0 radical (unpaired) electrons. The number of carbonyl (C=O) groups is 1. The van der Waals surface area contributed by atoms with Gasteiger partial charge in [-0.2, -0.15) is 0 Å². The summed E-state index contributed by atoms with van der Waals surface area (Å²) in [6, 6.07) is 9.86. The van der Waals surface area contributed by atoms with Crippen LogP contribution in [0.4, 0.5) is 0 Å². The number of nitrogens with one attached hydrogen (secondary N) is 1. The summed E-state index contributed by atoms with van der Waals surface area (Å²) in [7, 11) is -3.71. The van der Waals surface area contributed by atoms with Gasteiger partial charge in [-0.25, -0.2) is 13.6 Å². The molecule has 122 valence electrons. The number of phenolic OH excluding ortho intramolecular Hbond substituents is 2. The van der Waals surface area contributed by atoms with Gasteiger partial charge in [-0.3, -0.25) is 4.79 Å². The molecular formula is C15H16N2O5S. The lowest BCUT2D eigenvalue weighted by Crippen LogP contribution is -2.25. The van der Waals surface area contributed by atoms with Gasteiger partial charge in [0.2, 0.25) is 10.0 Å². The van der Waals surface area contributed by atoms with Gasteiger partial charge in [0, 0.05) is 12.1 Å². The van der Waals surface area contributed by atoms with Gasteiger partial charge in [-0.1, -0.05) is 12.1 Å². The van der Waals surface area contributed by atoms with Crippen molar-refractivity contribution in [3.63, 3.8) is 0 Å². The molecule has 0 atom stereocenters. The molecule has 0 unspecified atom stereocenters. The van der Waals surface area contributed by atoms with Crippen molar-refractivity contribution in [2.45, 2.75) is 11.3 Å². The van der Waals surface area contributed by atoms with Crippen LogP contribution in [0.25, 0.3) is 0 Å². The molecule has 0 aliphatic heterocycles. The quantitative estimate of drug-likeness (QED) is 0.598. The Morgan fingerprint density at radius 2 is 1.70 bits per heavy atom. The highest BCUT2D eigenvalue weighted by atomic mass is 32.2. The Kier molecular flexibility index (Phi) is 4.87. The van der Waals surface area contributed by atoms with Crippen molar-refractivity contribution in [3.8, 4) is 11.5 Å². The van der Waals surface area contributed by atoms with E-state index >= 15 is 0 Å². The number of hydrogen-bond acceptors (Lipinski definition) is 5. The molecule has 8 heteroatoms. The first-order valence-electron chi connectivity index (χ1n) is 6.69. The van der Waals surface area contributed by atoms with Crippen LogP contribution in [0, 0.1) is 0 Å². The lowest BCUT2D eigenvalue weighted by Gasteiger charge is -2.07. The second-order valence-corrected chi connectivity index (χ2v) is 6.46. The van der Waals surface area contributed by atoms with Gasteiger partial charge in [0.05, 0.1) is 4.90 Å². The van der Waals surface area contributed by atoms with Crippen LogP contribution in [0.1, 0.15) is 15.9 Å². The summed E-state index contributed by atoms with van der Waals surface area (Å²) in [6.45, 7) is 0.329. The predicted molar refractivity (Wildman–Crippen MR) is 83.6 cm³/mol. The third-order valence-electron chi connectivity index (χ3n) is 3.19. The summed E-state index contributed by atoms with van der Waals surface area (Å²) in [5, 5.41) is 26.2. The molecule has 2 aromatic rings. The fourth-order valence-corrected chi connectivity index (χ4v) is 2.45. The monoisotopic (exact) mass is 336 g/mol. The summed E-state index contributed by atoms with van der Waals surface area (Å²) in [4.78, 5) is 11.9. The Labute approximate surface area is 133 Å². The summed E-state index contributed by atoms with van der Waals surface area (Å²) in [6.07, 6.45) is 0.501. The molecule has 0 aliphatic rings. The van der Waals surface area contributed by atoms with Crippen molar-refractivity contribution in [1.82, 2.24) is 5.32 Å². The van der Waals surface area contributed by atoms with E-state index in [2.05, 4.69) is 5.32 Å². The molecular weight excluding hydrogens is 320 g/mol. The van der Waals surface area contributed by atoms with Crippen LogP contribution >= 0.6 is 0 Å². The average Bonchev–Trinajstić information content (AvgIpc) is 2.49. The highest BCUT2D eigenvalue weighted by molar-refractivity contribution is 7.89. The molecule has 23 heavy (non-hydrogen) atoms. The largest absolute Gasteiger partial charge is 0.504 e. The van der Waals surface area contributed by atoms with Crippen molar-refractivity contribution in [2.24, 2.45) is 5.14 Å². The standard InChI is InChI=1S/C15H16N2O5S/c16-23(21,22)12-4-1-10(2-5-12)7-8-17-15(20)11-3-6-13(18)14(19)9-11/h1-6,9,18-19H,7-8H2,(H,17,20)(H2,16,21,22). The van der Waals surface area contributed by atoms with Crippen LogP contribution in [0.15, 0.2) is 47.4 Å². The zero-order chi connectivity index (χ0) is 17.0. The molecule has 2 rings (SSSR count). The minimum atomic E-state index is -3.71. The smallest absolute Gasteiger partial charge is 0.251 e. The Balaban J connectivity index is 1.91. The van der Waals surface area contributed by atoms with Gasteiger partial charge in [-0.15, -0.1) is 0 Å². The Hall–Kier alpha value is -2.58. The molecule has 0 saturated heterocycles. The molecule has 7 nitrogen and oxygen atoms in total. The van der Waals surface area contributed by atoms with Crippen LogP contribution < -0.4 is 10.5 Å². The summed E-state index contributed by atoms with van der Waals surface area (Å²) in [5.41, 5.74) is 1.07. The minimum absolute atomic E-state index is 0.0323. The molecule has 2 aromatic carbocycles. The number of nitrogens with two attached hydrogens (primary N) is 1. The van der Waals surface area contributed by atoms with Crippen LogP contribution in [-0.2, 0) is 16.4 Å². The van der Waals surface area contributed by atoms with Crippen molar-refractivity contribution < 1.29 is 23.4 Å². The fourth-order valence-electron chi connectivity index (χ4n) is 1.93. The SMILES string of the molecule is NS(=O)(=O)c1ccc(CCNC(=O)c2ccc(O)c(O)c2)cc1. The normalized spacial score (nSPS) is 11.2. The summed E-state index contributed by atoms with van der Waals surface area (Å²) < 4.78 is 22.3. The van der Waals surface area contributed by atoms with Crippen molar-refractivity contribution in [1.29, 1.82) is 0 Å². The third kappa shape index (κ3) is 4.44. The first-order valence-corrected chi connectivity index (χ1v) is 8.24. The molecule has 0 aromatic heterocycles. The number of primary sulfonamides is 1. The second kappa shape index (κ2) is 6.67. The lowest BCUT2D eigenvalue weighted by atomic mass is 10.1. The number of hydrogen-bond donors (Lipinski definition) is 4. The van der Waals surface area contributed by atoms with Crippen molar-refractivity contribution in [2.75, 3.05) is 6.54 Å². The first kappa shape index (κ1) is 16.8. The van der Waals surface area contributed by atoms with E-state index in [4.69, 9.17) is 5.14 Å². The summed E-state index contributed by atoms with van der Waals surface area (Å²) in [5.74, 6) is -1.05. The van der Waals surface area contributed by atoms with Gasteiger partial charge in [0.25, 0.3) is 5.91 Å².